The smallest absolute Gasteiger partial charge is 0.287 e. The summed E-state index contributed by atoms with van der Waals surface area (Å²) in [4.78, 5) is 35.1. The van der Waals surface area contributed by atoms with Gasteiger partial charge in [-0.2, -0.15) is 5.10 Å². The molecule has 1 aliphatic carbocycles. The molecule has 3 rings (SSSR count). The predicted molar refractivity (Wildman–Crippen MR) is 108 cm³/mol. The van der Waals surface area contributed by atoms with Gasteiger partial charge in [0.1, 0.15) is 5.76 Å². The Morgan fingerprint density at radius 3 is 2.83 bits per heavy atom. The average molecular weight is 414 g/mol. The zero-order chi connectivity index (χ0) is 21.7. The highest BCUT2D eigenvalue weighted by Crippen LogP contribution is 2.29. The minimum absolute atomic E-state index is 0.131. The second kappa shape index (κ2) is 9.31. The molecule has 1 aromatic heterocycles. The molecule has 30 heavy (non-hydrogen) atoms. The summed E-state index contributed by atoms with van der Waals surface area (Å²) in [5.41, 5.74) is 4.39. The number of hydrogen-bond acceptors (Lipinski definition) is 7. The molecular formula is C20H22N4O6. The Bertz CT molecular complexity index is 1010. The monoisotopic (exact) mass is 414 g/mol. The van der Waals surface area contributed by atoms with Crippen molar-refractivity contribution in [3.05, 3.63) is 62.6 Å². The number of methoxy groups -OCH3 is 1. The van der Waals surface area contributed by atoms with E-state index >= 15 is 0 Å². The van der Waals surface area contributed by atoms with Crippen molar-refractivity contribution in [1.29, 1.82) is 0 Å². The number of hydrazone groups is 1. The van der Waals surface area contributed by atoms with Gasteiger partial charge in [-0.15, -0.1) is 0 Å². The van der Waals surface area contributed by atoms with Gasteiger partial charge in [0.05, 0.1) is 17.2 Å². The average Bonchev–Trinajstić information content (AvgIpc) is 3.09. The number of nitro benzene ring substituents is 1. The van der Waals surface area contributed by atoms with Crippen molar-refractivity contribution in [2.45, 2.75) is 26.2 Å². The molecule has 1 aromatic carbocycles. The highest BCUT2D eigenvalue weighted by Gasteiger charge is 2.28. The molecule has 10 nitrogen and oxygen atoms in total. The molecule has 2 N–H and O–H groups in total. The van der Waals surface area contributed by atoms with Crippen LogP contribution in [0.2, 0.25) is 0 Å². The third kappa shape index (κ3) is 4.54. The lowest BCUT2D eigenvalue weighted by Crippen LogP contribution is -2.27. The van der Waals surface area contributed by atoms with E-state index in [-0.39, 0.29) is 22.9 Å². The number of fused-ring (bicyclic) bond motifs is 1. The van der Waals surface area contributed by atoms with Crippen molar-refractivity contribution < 1.29 is 23.7 Å². The first-order valence-corrected chi connectivity index (χ1v) is 9.43. The van der Waals surface area contributed by atoms with Gasteiger partial charge in [-0.1, -0.05) is 6.07 Å². The third-order valence-corrected chi connectivity index (χ3v) is 4.74. The second-order valence-electron chi connectivity index (χ2n) is 6.76. The fraction of sp³-hybridized carbons (Fsp3) is 0.350. The zero-order valence-corrected chi connectivity index (χ0v) is 16.7. The third-order valence-electron chi connectivity index (χ3n) is 4.74. The Kier molecular flexibility index (Phi) is 6.58. The number of non-ortho nitro benzene ring substituents is 1. The van der Waals surface area contributed by atoms with Crippen LogP contribution in [0, 0.1) is 17.0 Å². The number of rotatable bonds is 7. The maximum absolute atomic E-state index is 12.4. The first-order chi connectivity index (χ1) is 14.4. The van der Waals surface area contributed by atoms with E-state index in [9.17, 15) is 19.7 Å². The van der Waals surface area contributed by atoms with Gasteiger partial charge in [-0.3, -0.25) is 19.7 Å². The van der Waals surface area contributed by atoms with E-state index in [2.05, 4.69) is 15.8 Å². The molecule has 0 bridgehead atoms. The van der Waals surface area contributed by atoms with Crippen LogP contribution in [0.1, 0.15) is 50.6 Å². The molecule has 10 heteroatoms. The number of furan rings is 1. The molecule has 1 heterocycles. The summed E-state index contributed by atoms with van der Waals surface area (Å²) in [5.74, 6) is -0.0226. The molecule has 0 saturated carbocycles. The van der Waals surface area contributed by atoms with Gasteiger partial charge in [-0.05, 0) is 25.8 Å². The lowest BCUT2D eigenvalue weighted by atomic mass is 9.93. The predicted octanol–water partition coefficient (Wildman–Crippen LogP) is 2.34. The van der Waals surface area contributed by atoms with Crippen molar-refractivity contribution in [3.63, 3.8) is 0 Å². The zero-order valence-electron chi connectivity index (χ0n) is 16.7. The molecule has 2 aromatic rings. The molecule has 0 fully saturated rings. The van der Waals surface area contributed by atoms with Crippen LogP contribution < -0.4 is 10.7 Å². The number of carbonyl (C=O) groups is 2. The van der Waals surface area contributed by atoms with Gasteiger partial charge >= 0.3 is 0 Å². The van der Waals surface area contributed by atoms with Crippen LogP contribution >= 0.6 is 0 Å². The fourth-order valence-corrected chi connectivity index (χ4v) is 3.29. The molecule has 0 aliphatic heterocycles. The molecule has 0 saturated heterocycles. The molecule has 0 atom stereocenters. The van der Waals surface area contributed by atoms with Crippen LogP contribution in [-0.2, 0) is 11.2 Å². The molecule has 0 unspecified atom stereocenters. The van der Waals surface area contributed by atoms with E-state index < -0.39 is 10.8 Å². The maximum Gasteiger partial charge on any atom is 0.287 e. The summed E-state index contributed by atoms with van der Waals surface area (Å²) in [6.07, 6.45) is 2.03. The number of carbonyl (C=O) groups excluding carboxylic acids is 2. The Morgan fingerprint density at radius 2 is 2.10 bits per heavy atom. The normalized spacial score (nSPS) is 14.3. The van der Waals surface area contributed by atoms with E-state index in [0.29, 0.717) is 43.0 Å². The summed E-state index contributed by atoms with van der Waals surface area (Å²) in [6.45, 7) is 2.53. The maximum atomic E-state index is 12.4. The number of hydrogen-bond donors (Lipinski definition) is 2. The first-order valence-electron chi connectivity index (χ1n) is 9.43. The largest absolute Gasteiger partial charge is 0.455 e. The number of amides is 2. The lowest BCUT2D eigenvalue weighted by molar-refractivity contribution is -0.384. The van der Waals surface area contributed by atoms with Crippen LogP contribution in [0.25, 0.3) is 0 Å². The number of nitro groups is 1. The van der Waals surface area contributed by atoms with Crippen molar-refractivity contribution in [3.8, 4) is 0 Å². The van der Waals surface area contributed by atoms with Crippen molar-refractivity contribution in [2.24, 2.45) is 5.10 Å². The SMILES string of the molecule is COCCNC(=O)c1oc2c(c1C)/C(=N/NC(=O)c1cccc([N+](=O)[O-])c1)CCC2. The summed E-state index contributed by atoms with van der Waals surface area (Å²) >= 11 is 0. The van der Waals surface area contributed by atoms with Crippen molar-refractivity contribution in [1.82, 2.24) is 10.7 Å². The molecule has 2 amide bonds. The van der Waals surface area contributed by atoms with Crippen molar-refractivity contribution >= 4 is 23.2 Å². The molecule has 1 aliphatic rings. The van der Waals surface area contributed by atoms with Gasteiger partial charge < -0.3 is 14.5 Å². The second-order valence-corrected chi connectivity index (χ2v) is 6.76. The highest BCUT2D eigenvalue weighted by atomic mass is 16.6. The Balaban J connectivity index is 1.80. The topological polar surface area (TPSA) is 136 Å². The molecule has 0 radical (unpaired) electrons. The van der Waals surface area contributed by atoms with E-state index in [1.807, 2.05) is 0 Å². The number of aryl methyl sites for hydroxylation is 1. The van der Waals surface area contributed by atoms with Crippen LogP contribution in [0.5, 0.6) is 0 Å². The highest BCUT2D eigenvalue weighted by molar-refractivity contribution is 6.07. The fourth-order valence-electron chi connectivity index (χ4n) is 3.29. The summed E-state index contributed by atoms with van der Waals surface area (Å²) in [6, 6.07) is 5.41. The number of nitrogens with one attached hydrogen (secondary N) is 2. The lowest BCUT2D eigenvalue weighted by Gasteiger charge is -2.13. The first kappa shape index (κ1) is 21.2. The van der Waals surface area contributed by atoms with E-state index in [0.717, 1.165) is 12.0 Å². The Hall–Kier alpha value is -3.53. The quantitative estimate of drug-likeness (QED) is 0.405. The number of benzene rings is 1. The van der Waals surface area contributed by atoms with Gasteiger partial charge in [0.2, 0.25) is 0 Å². The number of ether oxygens (including phenoxy) is 1. The standard InChI is InChI=1S/C20H22N4O6/c1-12-17-15(22-23-19(25)13-5-3-6-14(11-13)24(27)28)7-4-8-16(17)30-18(12)20(26)21-9-10-29-2/h3,5-6,11H,4,7-10H2,1-2H3,(H,21,26)(H,23,25)/b22-15+. The van der Waals surface area contributed by atoms with E-state index in [1.165, 1.54) is 24.3 Å². The van der Waals surface area contributed by atoms with Crippen LogP contribution in [0.15, 0.2) is 33.8 Å². The van der Waals surface area contributed by atoms with Crippen LogP contribution in [-0.4, -0.2) is 42.7 Å². The Labute approximate surface area is 172 Å². The van der Waals surface area contributed by atoms with Gasteiger partial charge in [0.25, 0.3) is 17.5 Å². The summed E-state index contributed by atoms with van der Waals surface area (Å²) in [5, 5.41) is 17.8. The van der Waals surface area contributed by atoms with Crippen LogP contribution in [0.4, 0.5) is 5.69 Å². The van der Waals surface area contributed by atoms with E-state index in [1.54, 1.807) is 14.0 Å². The van der Waals surface area contributed by atoms with Crippen molar-refractivity contribution in [2.75, 3.05) is 20.3 Å². The minimum atomic E-state index is -0.565. The molecule has 0 spiro atoms. The molecular weight excluding hydrogens is 392 g/mol. The van der Waals surface area contributed by atoms with E-state index in [4.69, 9.17) is 9.15 Å². The summed E-state index contributed by atoms with van der Waals surface area (Å²) < 4.78 is 10.7. The van der Waals surface area contributed by atoms with Gasteiger partial charge in [0, 0.05) is 48.9 Å². The Morgan fingerprint density at radius 1 is 1.30 bits per heavy atom. The van der Waals surface area contributed by atoms with Crippen LogP contribution in [0.3, 0.4) is 0 Å². The van der Waals surface area contributed by atoms with Gasteiger partial charge in [0.15, 0.2) is 5.76 Å². The van der Waals surface area contributed by atoms with Gasteiger partial charge in [-0.25, -0.2) is 5.43 Å². The number of nitrogens with zero attached hydrogens (tertiary/aromatic N) is 2. The molecule has 158 valence electrons. The minimum Gasteiger partial charge on any atom is -0.455 e. The summed E-state index contributed by atoms with van der Waals surface area (Å²) in [7, 11) is 1.55.